The molecule has 3 rings (SSSR count). The molecule has 0 saturated carbocycles. The molecule has 0 amide bonds. The molecule has 0 aliphatic heterocycles. The second-order valence-electron chi connectivity index (χ2n) is 7.09. The Hall–Kier alpha value is -3.55. The van der Waals surface area contributed by atoms with Crippen LogP contribution in [0.2, 0.25) is 0 Å². The first-order valence-electron chi connectivity index (χ1n) is 11.2. The van der Waals surface area contributed by atoms with Gasteiger partial charge in [-0.15, -0.1) is 0 Å². The Bertz CT molecular complexity index is 1020. The minimum Gasteiger partial charge on any atom is -0.491 e. The largest absolute Gasteiger partial charge is 0.491 e. The van der Waals surface area contributed by atoms with Crippen molar-refractivity contribution in [3.63, 3.8) is 0 Å². The van der Waals surface area contributed by atoms with E-state index in [-0.39, 0.29) is 6.61 Å². The Kier molecular flexibility index (Phi) is 10.7. The van der Waals surface area contributed by atoms with Crippen LogP contribution in [-0.4, -0.2) is 58.8 Å². The van der Waals surface area contributed by atoms with E-state index in [9.17, 15) is 4.79 Å². The fraction of sp³-hybridized carbons (Fsp3) is 0.296. The first kappa shape index (κ1) is 25.1. The van der Waals surface area contributed by atoms with Gasteiger partial charge < -0.3 is 28.4 Å². The molecule has 0 aliphatic rings. The molecular weight excluding hydrogens is 436 g/mol. The zero-order chi connectivity index (χ0) is 23.8. The molecule has 0 unspecified atom stereocenters. The molecule has 0 aliphatic carbocycles. The number of benzene rings is 3. The van der Waals surface area contributed by atoms with Crippen LogP contribution in [0.15, 0.2) is 79.4 Å². The van der Waals surface area contributed by atoms with Crippen molar-refractivity contribution in [3.8, 4) is 17.2 Å². The molecule has 3 aromatic carbocycles. The number of carbonyl (C=O) groups excluding carboxylic acids is 1. The number of rotatable bonds is 16. The van der Waals surface area contributed by atoms with Gasteiger partial charge in [0, 0.05) is 11.5 Å². The van der Waals surface area contributed by atoms with Crippen LogP contribution in [0.4, 0.5) is 0 Å². The monoisotopic (exact) mass is 466 g/mol. The summed E-state index contributed by atoms with van der Waals surface area (Å²) < 4.78 is 33.0. The summed E-state index contributed by atoms with van der Waals surface area (Å²) in [5, 5.41) is 2.05. The lowest BCUT2D eigenvalue weighted by Gasteiger charge is -2.12. The second-order valence-corrected chi connectivity index (χ2v) is 7.09. The Balaban J connectivity index is 1.32. The van der Waals surface area contributed by atoms with Crippen molar-refractivity contribution >= 4 is 16.7 Å². The Morgan fingerprint density at radius 2 is 1.35 bits per heavy atom. The molecule has 180 valence electrons. The molecule has 7 heteroatoms. The third-order valence-electron chi connectivity index (χ3n) is 4.67. The number of hydrogen-bond acceptors (Lipinski definition) is 7. The molecule has 7 nitrogen and oxygen atoms in total. The highest BCUT2D eigenvalue weighted by Gasteiger charge is 2.05. The first-order chi connectivity index (χ1) is 16.8. The summed E-state index contributed by atoms with van der Waals surface area (Å²) in [7, 11) is 0. The van der Waals surface area contributed by atoms with E-state index < -0.39 is 5.97 Å². The van der Waals surface area contributed by atoms with Gasteiger partial charge in [0.05, 0.1) is 26.4 Å². The Morgan fingerprint density at radius 3 is 2.15 bits per heavy atom. The number of para-hydroxylation sites is 1. The third-order valence-corrected chi connectivity index (χ3v) is 4.67. The van der Waals surface area contributed by atoms with E-state index in [4.69, 9.17) is 28.4 Å². The van der Waals surface area contributed by atoms with E-state index in [0.717, 1.165) is 34.1 Å². The maximum atomic E-state index is 10.9. The second kappa shape index (κ2) is 14.6. The number of esters is 1. The van der Waals surface area contributed by atoms with Crippen molar-refractivity contribution in [3.05, 3.63) is 79.4 Å². The average Bonchev–Trinajstić information content (AvgIpc) is 2.88. The summed E-state index contributed by atoms with van der Waals surface area (Å²) in [6.07, 6.45) is 1.12. The van der Waals surface area contributed by atoms with Gasteiger partial charge in [0.15, 0.2) is 0 Å². The van der Waals surface area contributed by atoms with Crippen molar-refractivity contribution in [1.29, 1.82) is 0 Å². The van der Waals surface area contributed by atoms with Crippen LogP contribution in [0.3, 0.4) is 0 Å². The lowest BCUT2D eigenvalue weighted by atomic mass is 10.1. The molecule has 0 atom stereocenters. The topological polar surface area (TPSA) is 72.5 Å². The molecular formula is C27H30O7. The quantitative estimate of drug-likeness (QED) is 0.176. The van der Waals surface area contributed by atoms with Crippen molar-refractivity contribution in [1.82, 2.24) is 0 Å². The smallest absolute Gasteiger partial charge is 0.330 e. The van der Waals surface area contributed by atoms with Crippen LogP contribution >= 0.6 is 0 Å². The SMILES string of the molecule is C=CC(=O)OCCOCCOCCOc1ccc2c(OCCOc3ccccc3)cccc2c1. The van der Waals surface area contributed by atoms with Crippen molar-refractivity contribution in [2.45, 2.75) is 0 Å². The van der Waals surface area contributed by atoms with E-state index in [2.05, 4.69) is 6.58 Å². The highest BCUT2D eigenvalue weighted by Crippen LogP contribution is 2.28. The molecule has 34 heavy (non-hydrogen) atoms. The van der Waals surface area contributed by atoms with E-state index in [1.165, 1.54) is 0 Å². The van der Waals surface area contributed by atoms with Gasteiger partial charge in [-0.3, -0.25) is 0 Å². The van der Waals surface area contributed by atoms with Crippen LogP contribution < -0.4 is 14.2 Å². The van der Waals surface area contributed by atoms with Gasteiger partial charge in [0.1, 0.15) is 43.7 Å². The van der Waals surface area contributed by atoms with Gasteiger partial charge in [-0.2, -0.15) is 0 Å². The molecule has 3 aromatic rings. The molecule has 0 radical (unpaired) electrons. The summed E-state index contributed by atoms with van der Waals surface area (Å²) in [6, 6.07) is 21.5. The summed E-state index contributed by atoms with van der Waals surface area (Å²) in [4.78, 5) is 10.9. The fourth-order valence-electron chi connectivity index (χ4n) is 3.08. The maximum Gasteiger partial charge on any atom is 0.330 e. The highest BCUT2D eigenvalue weighted by molar-refractivity contribution is 5.89. The van der Waals surface area contributed by atoms with Crippen molar-refractivity contribution in [2.24, 2.45) is 0 Å². The predicted molar refractivity (Wildman–Crippen MR) is 130 cm³/mol. The van der Waals surface area contributed by atoms with Gasteiger partial charge in [0.25, 0.3) is 0 Å². The first-order valence-corrected chi connectivity index (χ1v) is 11.2. The van der Waals surface area contributed by atoms with E-state index in [0.29, 0.717) is 46.2 Å². The highest BCUT2D eigenvalue weighted by atomic mass is 16.6. The minimum absolute atomic E-state index is 0.199. The Labute approximate surface area is 199 Å². The van der Waals surface area contributed by atoms with Crippen LogP contribution in [0.5, 0.6) is 17.2 Å². The predicted octanol–water partition coefficient (Wildman–Crippen LogP) is 4.44. The van der Waals surface area contributed by atoms with Gasteiger partial charge in [-0.25, -0.2) is 4.79 Å². The van der Waals surface area contributed by atoms with E-state index >= 15 is 0 Å². The fourth-order valence-corrected chi connectivity index (χ4v) is 3.08. The maximum absolute atomic E-state index is 10.9. The summed E-state index contributed by atoms with van der Waals surface area (Å²) >= 11 is 0. The van der Waals surface area contributed by atoms with Crippen molar-refractivity contribution in [2.75, 3.05) is 52.9 Å². The summed E-state index contributed by atoms with van der Waals surface area (Å²) in [5.41, 5.74) is 0. The molecule has 0 heterocycles. The van der Waals surface area contributed by atoms with Crippen LogP contribution in [0.1, 0.15) is 0 Å². The third kappa shape index (κ3) is 8.77. The van der Waals surface area contributed by atoms with Gasteiger partial charge in [0.2, 0.25) is 0 Å². The number of hydrogen-bond donors (Lipinski definition) is 0. The van der Waals surface area contributed by atoms with E-state index in [1.54, 1.807) is 0 Å². The lowest BCUT2D eigenvalue weighted by molar-refractivity contribution is -0.139. The van der Waals surface area contributed by atoms with Crippen LogP contribution in [0, 0.1) is 0 Å². The normalized spacial score (nSPS) is 10.6. The number of fused-ring (bicyclic) bond motifs is 1. The average molecular weight is 467 g/mol. The van der Waals surface area contributed by atoms with Gasteiger partial charge in [-0.1, -0.05) is 36.9 Å². The van der Waals surface area contributed by atoms with E-state index in [1.807, 2.05) is 66.7 Å². The summed E-state index contributed by atoms with van der Waals surface area (Å²) in [6.45, 7) is 6.48. The molecule has 0 bridgehead atoms. The molecule has 0 spiro atoms. The van der Waals surface area contributed by atoms with Gasteiger partial charge >= 0.3 is 5.97 Å². The molecule has 0 N–H and O–H groups in total. The zero-order valence-electron chi connectivity index (χ0n) is 19.1. The molecule has 0 fully saturated rings. The number of ether oxygens (including phenoxy) is 6. The number of carbonyl (C=O) groups is 1. The van der Waals surface area contributed by atoms with Crippen LogP contribution in [0.25, 0.3) is 10.8 Å². The van der Waals surface area contributed by atoms with Crippen LogP contribution in [-0.2, 0) is 19.0 Å². The summed E-state index contributed by atoms with van der Waals surface area (Å²) in [5.74, 6) is 1.95. The van der Waals surface area contributed by atoms with Crippen molar-refractivity contribution < 1.29 is 33.2 Å². The Morgan fingerprint density at radius 1 is 0.676 bits per heavy atom. The molecule has 0 aromatic heterocycles. The molecule has 0 saturated heterocycles. The lowest BCUT2D eigenvalue weighted by Crippen LogP contribution is -2.13. The van der Waals surface area contributed by atoms with Gasteiger partial charge in [-0.05, 0) is 41.8 Å². The standard InChI is InChI=1S/C27H30O7/c1-2-27(28)34-18-16-30-14-13-29-15-17-32-24-11-12-25-22(21-24)7-6-10-26(25)33-20-19-31-23-8-4-3-5-9-23/h2-12,21H,1,13-20H2. The minimum atomic E-state index is -0.456. The zero-order valence-corrected chi connectivity index (χ0v) is 19.1.